The van der Waals surface area contributed by atoms with E-state index in [-0.39, 0.29) is 11.8 Å². The van der Waals surface area contributed by atoms with Gasteiger partial charge in [0.05, 0.1) is 11.3 Å². The third-order valence-corrected chi connectivity index (χ3v) is 6.93. The van der Waals surface area contributed by atoms with Gasteiger partial charge in [-0.15, -0.1) is 0 Å². The van der Waals surface area contributed by atoms with Crippen molar-refractivity contribution >= 4 is 28.8 Å². The molecule has 0 aromatic heterocycles. The van der Waals surface area contributed by atoms with Gasteiger partial charge in [0.2, 0.25) is 0 Å². The molecule has 0 atom stereocenters. The van der Waals surface area contributed by atoms with Gasteiger partial charge in [0, 0.05) is 31.9 Å². The van der Waals surface area contributed by atoms with E-state index in [9.17, 15) is 9.59 Å². The second kappa shape index (κ2) is 8.82. The molecule has 1 saturated heterocycles. The summed E-state index contributed by atoms with van der Waals surface area (Å²) in [5, 5.41) is 0. The zero-order valence-electron chi connectivity index (χ0n) is 19.9. The first-order valence-electron chi connectivity index (χ1n) is 11.8. The van der Waals surface area contributed by atoms with Crippen molar-refractivity contribution < 1.29 is 9.59 Å². The van der Waals surface area contributed by atoms with Crippen molar-refractivity contribution in [3.63, 3.8) is 0 Å². The summed E-state index contributed by atoms with van der Waals surface area (Å²) in [5.41, 5.74) is 6.82. The Hall–Kier alpha value is -3.86. The number of amides is 2. The molecule has 0 bridgehead atoms. The number of benzene rings is 3. The van der Waals surface area contributed by atoms with Crippen LogP contribution in [0.1, 0.15) is 22.3 Å². The summed E-state index contributed by atoms with van der Waals surface area (Å²) in [6.07, 6.45) is 0. The summed E-state index contributed by atoms with van der Waals surface area (Å²) in [7, 11) is 0. The van der Waals surface area contributed by atoms with Gasteiger partial charge >= 0.3 is 0 Å². The first-order chi connectivity index (χ1) is 16.5. The Morgan fingerprint density at radius 1 is 0.618 bits per heavy atom. The Labute approximate surface area is 200 Å². The van der Waals surface area contributed by atoms with Gasteiger partial charge in [-0.2, -0.15) is 0 Å². The zero-order chi connectivity index (χ0) is 23.8. The molecule has 0 spiro atoms. The summed E-state index contributed by atoms with van der Waals surface area (Å²) >= 11 is 0. The van der Waals surface area contributed by atoms with Crippen molar-refractivity contribution in [2.24, 2.45) is 0 Å². The molecule has 2 aliphatic heterocycles. The lowest BCUT2D eigenvalue weighted by Crippen LogP contribution is -2.47. The monoisotopic (exact) mass is 451 g/mol. The first-order valence-corrected chi connectivity index (χ1v) is 11.8. The van der Waals surface area contributed by atoms with Gasteiger partial charge < -0.3 is 9.80 Å². The normalized spacial score (nSPS) is 16.6. The molecule has 2 heterocycles. The zero-order valence-corrected chi connectivity index (χ0v) is 19.9. The quantitative estimate of drug-likeness (QED) is 0.539. The Bertz CT molecular complexity index is 1290. The van der Waals surface area contributed by atoms with Gasteiger partial charge in [-0.3, -0.25) is 9.59 Å². The van der Waals surface area contributed by atoms with Crippen LogP contribution in [0.5, 0.6) is 0 Å². The lowest BCUT2D eigenvalue weighted by atomic mass is 9.99. The molecular weight excluding hydrogens is 422 g/mol. The van der Waals surface area contributed by atoms with E-state index in [1.807, 2.05) is 74.5 Å². The minimum Gasteiger partial charge on any atom is -0.368 e. The Morgan fingerprint density at radius 2 is 1.26 bits per heavy atom. The molecule has 0 radical (unpaired) electrons. The van der Waals surface area contributed by atoms with Crippen molar-refractivity contribution in [1.29, 1.82) is 0 Å². The summed E-state index contributed by atoms with van der Waals surface area (Å²) in [6.45, 7) is 8.97. The molecule has 172 valence electrons. The van der Waals surface area contributed by atoms with Gasteiger partial charge in [0.25, 0.3) is 11.8 Å². The molecular formula is C29H29N3O2. The van der Waals surface area contributed by atoms with Gasteiger partial charge in [0.1, 0.15) is 5.70 Å². The van der Waals surface area contributed by atoms with Crippen LogP contribution in [0.25, 0.3) is 5.57 Å². The SMILES string of the molecule is Cc1ccc(C2=C(N3CCN(c4ccccc4)CC3)C(=O)N(c3ccccc3C)C2=O)cc1C. The number of aryl methyl sites for hydroxylation is 3. The molecule has 3 aromatic carbocycles. The van der Waals surface area contributed by atoms with Crippen molar-refractivity contribution in [2.75, 3.05) is 36.0 Å². The lowest BCUT2D eigenvalue weighted by Gasteiger charge is -2.37. The van der Waals surface area contributed by atoms with E-state index in [4.69, 9.17) is 0 Å². The summed E-state index contributed by atoms with van der Waals surface area (Å²) < 4.78 is 0. The minimum atomic E-state index is -0.247. The highest BCUT2D eigenvalue weighted by atomic mass is 16.2. The molecule has 0 N–H and O–H groups in total. The molecule has 0 saturated carbocycles. The van der Waals surface area contributed by atoms with Crippen molar-refractivity contribution in [3.05, 3.63) is 101 Å². The molecule has 3 aromatic rings. The fourth-order valence-electron chi connectivity index (χ4n) is 4.83. The van der Waals surface area contributed by atoms with E-state index in [2.05, 4.69) is 28.9 Å². The van der Waals surface area contributed by atoms with Crippen molar-refractivity contribution in [1.82, 2.24) is 4.90 Å². The third kappa shape index (κ3) is 3.77. The molecule has 5 heteroatoms. The number of hydrogen-bond acceptors (Lipinski definition) is 4. The number of carbonyl (C=O) groups is 2. The number of rotatable bonds is 4. The lowest BCUT2D eigenvalue weighted by molar-refractivity contribution is -0.120. The number of nitrogens with zero attached hydrogens (tertiary/aromatic N) is 3. The predicted molar refractivity (Wildman–Crippen MR) is 137 cm³/mol. The van der Waals surface area contributed by atoms with E-state index in [0.717, 1.165) is 35.3 Å². The highest BCUT2D eigenvalue weighted by molar-refractivity contribution is 6.45. The maximum absolute atomic E-state index is 13.8. The van der Waals surface area contributed by atoms with Crippen LogP contribution >= 0.6 is 0 Å². The molecule has 34 heavy (non-hydrogen) atoms. The van der Waals surface area contributed by atoms with E-state index >= 15 is 0 Å². The predicted octanol–water partition coefficient (Wildman–Crippen LogP) is 4.72. The fourth-order valence-corrected chi connectivity index (χ4v) is 4.83. The number of anilines is 2. The topological polar surface area (TPSA) is 43.9 Å². The average Bonchev–Trinajstić information content (AvgIpc) is 3.11. The van der Waals surface area contributed by atoms with Crippen LogP contribution < -0.4 is 9.80 Å². The molecule has 5 nitrogen and oxygen atoms in total. The first kappa shape index (κ1) is 22.0. The van der Waals surface area contributed by atoms with E-state index < -0.39 is 0 Å². The van der Waals surface area contributed by atoms with Gasteiger partial charge in [-0.05, 0) is 61.2 Å². The average molecular weight is 452 g/mol. The van der Waals surface area contributed by atoms with Crippen LogP contribution in [0.2, 0.25) is 0 Å². The molecule has 0 unspecified atom stereocenters. The number of hydrogen-bond donors (Lipinski definition) is 0. The number of carbonyl (C=O) groups excluding carboxylic acids is 2. The van der Waals surface area contributed by atoms with Crippen LogP contribution in [0, 0.1) is 20.8 Å². The maximum atomic E-state index is 13.8. The van der Waals surface area contributed by atoms with E-state index in [1.165, 1.54) is 10.6 Å². The van der Waals surface area contributed by atoms with E-state index in [0.29, 0.717) is 30.0 Å². The van der Waals surface area contributed by atoms with Gasteiger partial charge in [-0.1, -0.05) is 54.6 Å². The highest BCUT2D eigenvalue weighted by Crippen LogP contribution is 2.37. The van der Waals surface area contributed by atoms with Crippen molar-refractivity contribution in [3.8, 4) is 0 Å². The maximum Gasteiger partial charge on any atom is 0.282 e. The summed E-state index contributed by atoms with van der Waals surface area (Å²) in [4.78, 5) is 33.4. The Morgan fingerprint density at radius 3 is 1.94 bits per heavy atom. The largest absolute Gasteiger partial charge is 0.368 e. The smallest absolute Gasteiger partial charge is 0.282 e. The Kier molecular flexibility index (Phi) is 5.70. The van der Waals surface area contributed by atoms with Crippen LogP contribution in [-0.4, -0.2) is 42.9 Å². The number of piperazine rings is 1. The molecule has 0 aliphatic carbocycles. The Balaban J connectivity index is 1.54. The summed E-state index contributed by atoms with van der Waals surface area (Å²) in [6, 6.07) is 23.9. The summed E-state index contributed by atoms with van der Waals surface area (Å²) in [5.74, 6) is -0.483. The molecule has 1 fully saturated rings. The van der Waals surface area contributed by atoms with Crippen LogP contribution in [-0.2, 0) is 9.59 Å². The van der Waals surface area contributed by atoms with Crippen LogP contribution in [0.4, 0.5) is 11.4 Å². The molecule has 2 aliphatic rings. The molecule has 2 amide bonds. The number of para-hydroxylation sites is 2. The second-order valence-electron chi connectivity index (χ2n) is 9.06. The van der Waals surface area contributed by atoms with Gasteiger partial charge in [0.15, 0.2) is 0 Å². The second-order valence-corrected chi connectivity index (χ2v) is 9.06. The standard InChI is InChI=1S/C29H29N3O2/c1-20-13-14-23(19-22(20)3)26-27(29(34)32(28(26)33)25-12-8-7-9-21(25)2)31-17-15-30(16-18-31)24-10-5-4-6-11-24/h4-14,19H,15-18H2,1-3H3. The number of imide groups is 1. The highest BCUT2D eigenvalue weighted by Gasteiger charge is 2.43. The van der Waals surface area contributed by atoms with Crippen molar-refractivity contribution in [2.45, 2.75) is 20.8 Å². The fraction of sp³-hybridized carbons (Fsp3) is 0.241. The third-order valence-electron chi connectivity index (χ3n) is 6.93. The van der Waals surface area contributed by atoms with Crippen LogP contribution in [0.15, 0.2) is 78.5 Å². The molecule has 5 rings (SSSR count). The minimum absolute atomic E-state index is 0.235. The van der Waals surface area contributed by atoms with Crippen LogP contribution in [0.3, 0.4) is 0 Å². The van der Waals surface area contributed by atoms with E-state index in [1.54, 1.807) is 0 Å². The van der Waals surface area contributed by atoms with Gasteiger partial charge in [-0.25, -0.2) is 4.90 Å².